The number of carbonyl (C=O) groups is 1. The number of nitrogens with zero attached hydrogens (tertiary/aromatic N) is 1. The van der Waals surface area contributed by atoms with Gasteiger partial charge in [0, 0.05) is 18.9 Å². The quantitative estimate of drug-likeness (QED) is 0.755. The summed E-state index contributed by atoms with van der Waals surface area (Å²) in [6.07, 6.45) is 7.06. The molecule has 5 heteroatoms. The molecule has 4 nitrogen and oxygen atoms in total. The van der Waals surface area contributed by atoms with Crippen molar-refractivity contribution in [1.82, 2.24) is 10.3 Å². The van der Waals surface area contributed by atoms with E-state index in [4.69, 9.17) is 5.73 Å². The van der Waals surface area contributed by atoms with E-state index in [2.05, 4.69) is 10.3 Å². The number of thioether (sulfide) groups is 1. The summed E-state index contributed by atoms with van der Waals surface area (Å²) in [4.78, 5) is 15.6. The van der Waals surface area contributed by atoms with Crippen molar-refractivity contribution in [2.24, 2.45) is 5.73 Å². The van der Waals surface area contributed by atoms with Gasteiger partial charge in [-0.1, -0.05) is 6.07 Å². The molecule has 0 aliphatic rings. The first-order valence-corrected chi connectivity index (χ1v) is 7.04. The zero-order chi connectivity index (χ0) is 12.5. The van der Waals surface area contributed by atoms with Crippen LogP contribution in [0.4, 0.5) is 0 Å². The average molecular weight is 253 g/mol. The topological polar surface area (TPSA) is 68.0 Å². The maximum absolute atomic E-state index is 11.6. The van der Waals surface area contributed by atoms with E-state index in [0.717, 1.165) is 24.2 Å². The molecule has 0 radical (unpaired) electrons. The van der Waals surface area contributed by atoms with Gasteiger partial charge in [-0.2, -0.15) is 11.8 Å². The van der Waals surface area contributed by atoms with E-state index in [-0.39, 0.29) is 5.91 Å². The number of pyridine rings is 1. The monoisotopic (exact) mass is 253 g/mol. The van der Waals surface area contributed by atoms with Crippen LogP contribution in [0.25, 0.3) is 0 Å². The van der Waals surface area contributed by atoms with Crippen LogP contribution in [0.5, 0.6) is 0 Å². The minimum atomic E-state index is -0.392. The summed E-state index contributed by atoms with van der Waals surface area (Å²) in [7, 11) is 0. The third-order valence-electron chi connectivity index (χ3n) is 2.41. The minimum absolute atomic E-state index is 0.0667. The van der Waals surface area contributed by atoms with E-state index in [1.807, 2.05) is 18.4 Å². The van der Waals surface area contributed by atoms with Gasteiger partial charge >= 0.3 is 0 Å². The van der Waals surface area contributed by atoms with E-state index in [1.54, 1.807) is 24.2 Å². The molecule has 0 aliphatic heterocycles. The molecule has 94 valence electrons. The van der Waals surface area contributed by atoms with Crippen LogP contribution in [-0.4, -0.2) is 35.5 Å². The van der Waals surface area contributed by atoms with Crippen molar-refractivity contribution in [2.45, 2.75) is 18.9 Å². The number of hydrogen-bond donors (Lipinski definition) is 2. The predicted octanol–water partition coefficient (Wildman–Crippen LogP) is 0.821. The van der Waals surface area contributed by atoms with Crippen LogP contribution in [0.1, 0.15) is 12.0 Å². The molecule has 0 saturated heterocycles. The fraction of sp³-hybridized carbons (Fsp3) is 0.500. The van der Waals surface area contributed by atoms with Crippen LogP contribution in [0.15, 0.2) is 24.5 Å². The summed E-state index contributed by atoms with van der Waals surface area (Å²) in [5, 5.41) is 2.84. The zero-order valence-electron chi connectivity index (χ0n) is 10.1. The Morgan fingerprint density at radius 2 is 2.47 bits per heavy atom. The van der Waals surface area contributed by atoms with Gasteiger partial charge in [0.2, 0.25) is 5.91 Å². The maximum atomic E-state index is 11.6. The number of nitrogens with two attached hydrogens (primary N) is 1. The van der Waals surface area contributed by atoms with Gasteiger partial charge in [-0.05, 0) is 36.5 Å². The van der Waals surface area contributed by atoms with E-state index >= 15 is 0 Å². The molecule has 3 N–H and O–H groups in total. The maximum Gasteiger partial charge on any atom is 0.236 e. The Kier molecular flexibility index (Phi) is 6.65. The van der Waals surface area contributed by atoms with Crippen molar-refractivity contribution in [2.75, 3.05) is 18.6 Å². The summed E-state index contributed by atoms with van der Waals surface area (Å²) < 4.78 is 0. The number of rotatable bonds is 7. The summed E-state index contributed by atoms with van der Waals surface area (Å²) in [5.41, 5.74) is 6.86. The summed E-state index contributed by atoms with van der Waals surface area (Å²) in [6.45, 7) is 0.609. The van der Waals surface area contributed by atoms with E-state index in [9.17, 15) is 4.79 Å². The fourth-order valence-electron chi connectivity index (χ4n) is 1.38. The van der Waals surface area contributed by atoms with Crippen LogP contribution in [-0.2, 0) is 11.2 Å². The molecule has 17 heavy (non-hydrogen) atoms. The third-order valence-corrected chi connectivity index (χ3v) is 3.05. The molecular weight excluding hydrogens is 234 g/mol. The first-order valence-electron chi connectivity index (χ1n) is 5.65. The number of aromatic nitrogens is 1. The van der Waals surface area contributed by atoms with Crippen LogP contribution >= 0.6 is 11.8 Å². The van der Waals surface area contributed by atoms with Gasteiger partial charge in [0.25, 0.3) is 0 Å². The number of carbonyl (C=O) groups excluding carboxylic acids is 1. The average Bonchev–Trinajstić information content (AvgIpc) is 2.37. The van der Waals surface area contributed by atoms with Gasteiger partial charge in [0.1, 0.15) is 0 Å². The lowest BCUT2D eigenvalue weighted by Crippen LogP contribution is -2.41. The van der Waals surface area contributed by atoms with Gasteiger partial charge in [0.15, 0.2) is 0 Å². The minimum Gasteiger partial charge on any atom is -0.354 e. The Morgan fingerprint density at radius 1 is 1.65 bits per heavy atom. The summed E-state index contributed by atoms with van der Waals surface area (Å²) in [6, 6.07) is 3.49. The molecule has 1 aromatic rings. The molecule has 1 amide bonds. The highest BCUT2D eigenvalue weighted by atomic mass is 32.2. The molecule has 0 fully saturated rings. The Bertz CT molecular complexity index is 332. The normalized spacial score (nSPS) is 12.1. The van der Waals surface area contributed by atoms with Crippen molar-refractivity contribution < 1.29 is 4.79 Å². The Balaban J connectivity index is 2.20. The van der Waals surface area contributed by atoms with Crippen molar-refractivity contribution in [3.05, 3.63) is 30.1 Å². The van der Waals surface area contributed by atoms with Crippen LogP contribution in [0.3, 0.4) is 0 Å². The Labute approximate surface area is 106 Å². The number of nitrogens with one attached hydrogen (secondary N) is 1. The van der Waals surface area contributed by atoms with Crippen LogP contribution < -0.4 is 11.1 Å². The molecule has 0 aliphatic carbocycles. The first kappa shape index (κ1) is 14.0. The van der Waals surface area contributed by atoms with Crippen LogP contribution in [0.2, 0.25) is 0 Å². The molecule has 0 unspecified atom stereocenters. The van der Waals surface area contributed by atoms with Crippen LogP contribution in [0, 0.1) is 0 Å². The highest BCUT2D eigenvalue weighted by Crippen LogP contribution is 1.99. The number of hydrogen-bond acceptors (Lipinski definition) is 4. The number of amides is 1. The smallest absolute Gasteiger partial charge is 0.236 e. The fourth-order valence-corrected chi connectivity index (χ4v) is 1.87. The molecule has 1 rings (SSSR count). The molecular formula is C12H19N3OS. The van der Waals surface area contributed by atoms with E-state index < -0.39 is 6.04 Å². The highest BCUT2D eigenvalue weighted by Gasteiger charge is 2.11. The summed E-state index contributed by atoms with van der Waals surface area (Å²) in [5.74, 6) is 0.847. The standard InChI is InChI=1S/C12H19N3OS/c1-17-8-5-11(13)12(16)15-7-4-10-3-2-6-14-9-10/h2-3,6,9,11H,4-5,7-8,13H2,1H3,(H,15,16)/t11-/m0/s1. The molecule has 1 aromatic heterocycles. The largest absolute Gasteiger partial charge is 0.354 e. The van der Waals surface area contributed by atoms with Gasteiger partial charge in [-0.25, -0.2) is 0 Å². The van der Waals surface area contributed by atoms with Gasteiger partial charge in [-0.15, -0.1) is 0 Å². The lowest BCUT2D eigenvalue weighted by molar-refractivity contribution is -0.122. The second kappa shape index (κ2) is 8.08. The van der Waals surface area contributed by atoms with Gasteiger partial charge in [-0.3, -0.25) is 9.78 Å². The Hall–Kier alpha value is -1.07. The zero-order valence-corrected chi connectivity index (χ0v) is 10.9. The predicted molar refractivity (Wildman–Crippen MR) is 71.9 cm³/mol. The molecule has 0 saturated carbocycles. The summed E-state index contributed by atoms with van der Waals surface area (Å²) >= 11 is 1.70. The highest BCUT2D eigenvalue weighted by molar-refractivity contribution is 7.98. The van der Waals surface area contributed by atoms with Crippen molar-refractivity contribution >= 4 is 17.7 Å². The Morgan fingerprint density at radius 3 is 3.12 bits per heavy atom. The lowest BCUT2D eigenvalue weighted by Gasteiger charge is -2.11. The van der Waals surface area contributed by atoms with E-state index in [1.165, 1.54) is 0 Å². The molecule has 1 heterocycles. The molecule has 0 bridgehead atoms. The van der Waals surface area contributed by atoms with E-state index in [0.29, 0.717) is 6.54 Å². The molecule has 1 atom stereocenters. The van der Waals surface area contributed by atoms with Gasteiger partial charge in [0.05, 0.1) is 6.04 Å². The molecule has 0 spiro atoms. The van der Waals surface area contributed by atoms with Crippen molar-refractivity contribution in [1.29, 1.82) is 0 Å². The second-order valence-electron chi connectivity index (χ2n) is 3.79. The third kappa shape index (κ3) is 5.70. The lowest BCUT2D eigenvalue weighted by atomic mass is 10.2. The SMILES string of the molecule is CSCC[C@H](N)C(=O)NCCc1cccnc1. The first-order chi connectivity index (χ1) is 8.24. The van der Waals surface area contributed by atoms with Crippen molar-refractivity contribution in [3.8, 4) is 0 Å². The van der Waals surface area contributed by atoms with Crippen molar-refractivity contribution in [3.63, 3.8) is 0 Å². The van der Waals surface area contributed by atoms with Gasteiger partial charge < -0.3 is 11.1 Å². The second-order valence-corrected chi connectivity index (χ2v) is 4.78. The molecule has 0 aromatic carbocycles.